The van der Waals surface area contributed by atoms with Gasteiger partial charge in [0.15, 0.2) is 0 Å². The number of aryl methyl sites for hydroxylation is 1. The fraction of sp³-hybridized carbons (Fsp3) is 0.421. The third-order valence-corrected chi connectivity index (χ3v) is 5.06. The summed E-state index contributed by atoms with van der Waals surface area (Å²) in [6, 6.07) is 8.36. The number of aromatic nitrogens is 4. The average Bonchev–Trinajstić information content (AvgIpc) is 3.11. The Balaban J connectivity index is 1.36. The molecule has 1 N–H and O–H groups in total. The van der Waals surface area contributed by atoms with E-state index < -0.39 is 0 Å². The van der Waals surface area contributed by atoms with Crippen molar-refractivity contribution in [3.8, 4) is 0 Å². The first kappa shape index (κ1) is 16.9. The summed E-state index contributed by atoms with van der Waals surface area (Å²) in [5.41, 5.74) is 1.82. The Bertz CT molecular complexity index is 933. The lowest BCUT2D eigenvalue weighted by atomic mass is 9.91. The second-order valence-electron chi connectivity index (χ2n) is 7.02. The van der Waals surface area contributed by atoms with Crippen molar-refractivity contribution in [2.45, 2.75) is 32.2 Å². The van der Waals surface area contributed by atoms with Crippen LogP contribution in [0.4, 0.5) is 4.39 Å². The maximum atomic E-state index is 13.0. The third kappa shape index (κ3) is 3.83. The molecule has 0 saturated carbocycles. The minimum absolute atomic E-state index is 0.132. The van der Waals surface area contributed by atoms with Crippen LogP contribution in [0, 0.1) is 11.7 Å². The van der Waals surface area contributed by atoms with Crippen LogP contribution in [0.5, 0.6) is 0 Å². The summed E-state index contributed by atoms with van der Waals surface area (Å²) < 4.78 is 14.3. The predicted molar refractivity (Wildman–Crippen MR) is 96.3 cm³/mol. The van der Waals surface area contributed by atoms with Gasteiger partial charge in [0.1, 0.15) is 12.1 Å². The van der Waals surface area contributed by atoms with Gasteiger partial charge in [-0.3, -0.25) is 14.8 Å². The molecule has 136 valence electrons. The molecule has 1 aliphatic rings. The minimum atomic E-state index is -0.185. The van der Waals surface area contributed by atoms with Gasteiger partial charge in [-0.1, -0.05) is 12.1 Å². The largest absolute Gasteiger partial charge is 0.297 e. The number of H-pyrrole nitrogens is 1. The number of benzene rings is 1. The van der Waals surface area contributed by atoms with Crippen LogP contribution in [0.15, 0.2) is 41.5 Å². The second kappa shape index (κ2) is 7.37. The van der Waals surface area contributed by atoms with Gasteiger partial charge in [-0.05, 0) is 55.8 Å². The molecule has 0 bridgehead atoms. The van der Waals surface area contributed by atoms with Crippen LogP contribution >= 0.6 is 0 Å². The first-order valence-corrected chi connectivity index (χ1v) is 9.06. The molecule has 26 heavy (non-hydrogen) atoms. The topological polar surface area (TPSA) is 66.3 Å². The zero-order chi connectivity index (χ0) is 17.9. The number of nitrogens with zero attached hydrogens (tertiary/aromatic N) is 4. The monoisotopic (exact) mass is 355 g/mol. The molecule has 6 nitrogen and oxygen atoms in total. The molecule has 1 aromatic carbocycles. The number of likely N-dealkylation sites (tertiary alicyclic amines) is 1. The number of aromatic amines is 1. The molecule has 3 aromatic rings. The van der Waals surface area contributed by atoms with E-state index in [2.05, 4.69) is 20.0 Å². The first-order chi connectivity index (χ1) is 12.7. The summed E-state index contributed by atoms with van der Waals surface area (Å²) in [5, 5.41) is 2.75. The van der Waals surface area contributed by atoms with Crippen molar-refractivity contribution in [1.82, 2.24) is 24.5 Å². The van der Waals surface area contributed by atoms with Gasteiger partial charge in [0.25, 0.3) is 11.3 Å². The van der Waals surface area contributed by atoms with Crippen molar-refractivity contribution in [2.24, 2.45) is 5.92 Å². The van der Waals surface area contributed by atoms with Gasteiger partial charge in [0, 0.05) is 19.2 Å². The molecule has 1 aliphatic heterocycles. The number of hydrogen-bond acceptors (Lipinski definition) is 4. The van der Waals surface area contributed by atoms with Gasteiger partial charge in [-0.25, -0.2) is 14.4 Å². The molecule has 0 aliphatic carbocycles. The third-order valence-electron chi connectivity index (χ3n) is 5.06. The van der Waals surface area contributed by atoms with E-state index in [-0.39, 0.29) is 11.4 Å². The van der Waals surface area contributed by atoms with E-state index in [1.165, 1.54) is 35.0 Å². The molecule has 0 radical (unpaired) electrons. The van der Waals surface area contributed by atoms with Crippen molar-refractivity contribution in [3.63, 3.8) is 0 Å². The van der Waals surface area contributed by atoms with Crippen LogP contribution in [0.1, 0.15) is 30.5 Å². The summed E-state index contributed by atoms with van der Waals surface area (Å²) in [4.78, 5) is 23.0. The van der Waals surface area contributed by atoms with E-state index in [4.69, 9.17) is 0 Å². The smallest absolute Gasteiger partial charge is 0.274 e. The number of hydrogen-bond donors (Lipinski definition) is 1. The SMILES string of the molecule is O=c1cc(CN2CCC[C@@H](CCc3ccc(F)cc3)C2)nc2nc[nH]n12. The summed E-state index contributed by atoms with van der Waals surface area (Å²) in [5.74, 6) is 0.844. The van der Waals surface area contributed by atoms with E-state index in [1.54, 1.807) is 6.07 Å². The van der Waals surface area contributed by atoms with E-state index in [1.807, 2.05) is 12.1 Å². The van der Waals surface area contributed by atoms with Crippen LogP contribution in [0.2, 0.25) is 0 Å². The van der Waals surface area contributed by atoms with Crippen LogP contribution in [-0.4, -0.2) is 37.6 Å². The van der Waals surface area contributed by atoms with Crippen LogP contribution in [0.3, 0.4) is 0 Å². The maximum absolute atomic E-state index is 13.0. The molecule has 4 rings (SSSR count). The molecule has 7 heteroatoms. The molecule has 1 saturated heterocycles. The Morgan fingerprint density at radius 3 is 2.96 bits per heavy atom. The minimum Gasteiger partial charge on any atom is -0.297 e. The molecule has 1 fully saturated rings. The lowest BCUT2D eigenvalue weighted by molar-refractivity contribution is 0.160. The van der Waals surface area contributed by atoms with Crippen molar-refractivity contribution >= 4 is 5.78 Å². The van der Waals surface area contributed by atoms with Gasteiger partial charge >= 0.3 is 0 Å². The Kier molecular flexibility index (Phi) is 4.79. The standard InChI is InChI=1S/C19H22FN5O/c20-16-7-5-14(6-8-16)3-4-15-2-1-9-24(11-15)12-17-10-18(26)25-19(23-17)21-13-22-25/h5-8,10,13,15H,1-4,9,11-12H2,(H,21,22,23)/t15-/m0/s1. The molecular weight excluding hydrogens is 333 g/mol. The summed E-state index contributed by atoms with van der Waals surface area (Å²) in [6.07, 6.45) is 5.90. The molecule has 0 spiro atoms. The number of piperidine rings is 1. The molecule has 1 atom stereocenters. The zero-order valence-corrected chi connectivity index (χ0v) is 14.6. The zero-order valence-electron chi connectivity index (χ0n) is 14.6. The predicted octanol–water partition coefficient (Wildman–Crippen LogP) is 2.40. The van der Waals surface area contributed by atoms with Gasteiger partial charge in [0.2, 0.25) is 0 Å². The molecule has 2 aromatic heterocycles. The molecule has 3 heterocycles. The van der Waals surface area contributed by atoms with Crippen LogP contribution < -0.4 is 5.56 Å². The quantitative estimate of drug-likeness (QED) is 0.763. The van der Waals surface area contributed by atoms with E-state index in [9.17, 15) is 9.18 Å². The van der Waals surface area contributed by atoms with Gasteiger partial charge < -0.3 is 0 Å². The normalized spacial score (nSPS) is 18.4. The maximum Gasteiger partial charge on any atom is 0.274 e. The fourth-order valence-corrected chi connectivity index (χ4v) is 3.73. The summed E-state index contributed by atoms with van der Waals surface area (Å²) >= 11 is 0. The molecule has 0 amide bonds. The Morgan fingerprint density at radius 1 is 1.27 bits per heavy atom. The lowest BCUT2D eigenvalue weighted by Crippen LogP contribution is -2.35. The lowest BCUT2D eigenvalue weighted by Gasteiger charge is -2.32. The molecule has 0 unspecified atom stereocenters. The molecular formula is C19H22FN5O. The van der Waals surface area contributed by atoms with Gasteiger partial charge in [-0.15, -0.1) is 0 Å². The fourth-order valence-electron chi connectivity index (χ4n) is 3.73. The van der Waals surface area contributed by atoms with Gasteiger partial charge in [-0.2, -0.15) is 4.52 Å². The average molecular weight is 355 g/mol. The van der Waals surface area contributed by atoms with Crippen molar-refractivity contribution in [2.75, 3.05) is 13.1 Å². The highest BCUT2D eigenvalue weighted by atomic mass is 19.1. The van der Waals surface area contributed by atoms with Crippen LogP contribution in [-0.2, 0) is 13.0 Å². The van der Waals surface area contributed by atoms with E-state index in [0.717, 1.165) is 38.0 Å². The van der Waals surface area contributed by atoms with E-state index >= 15 is 0 Å². The number of nitrogens with one attached hydrogen (secondary N) is 1. The van der Waals surface area contributed by atoms with Crippen molar-refractivity contribution < 1.29 is 4.39 Å². The summed E-state index contributed by atoms with van der Waals surface area (Å²) in [7, 11) is 0. The van der Waals surface area contributed by atoms with Crippen molar-refractivity contribution in [1.29, 1.82) is 0 Å². The first-order valence-electron chi connectivity index (χ1n) is 9.06. The highest BCUT2D eigenvalue weighted by Crippen LogP contribution is 2.22. The summed E-state index contributed by atoms with van der Waals surface area (Å²) in [6.45, 7) is 2.70. The number of fused-ring (bicyclic) bond motifs is 1. The van der Waals surface area contributed by atoms with E-state index in [0.29, 0.717) is 18.2 Å². The Labute approximate surface area is 150 Å². The van der Waals surface area contributed by atoms with Gasteiger partial charge in [0.05, 0.1) is 5.69 Å². The Hall–Kier alpha value is -2.54. The number of halogens is 1. The number of rotatable bonds is 5. The second-order valence-corrected chi connectivity index (χ2v) is 7.02. The highest BCUT2D eigenvalue weighted by molar-refractivity contribution is 5.26. The van der Waals surface area contributed by atoms with Crippen molar-refractivity contribution in [3.05, 3.63) is 64.1 Å². The van der Waals surface area contributed by atoms with Crippen LogP contribution in [0.25, 0.3) is 5.78 Å². The Morgan fingerprint density at radius 2 is 2.12 bits per heavy atom. The highest BCUT2D eigenvalue weighted by Gasteiger charge is 2.20.